The molecule has 1 aromatic heterocycles. The first-order valence-corrected chi connectivity index (χ1v) is 8.33. The summed E-state index contributed by atoms with van der Waals surface area (Å²) in [4.78, 5) is 28.2. The first-order chi connectivity index (χ1) is 11.6. The molecule has 0 radical (unpaired) electrons. The van der Waals surface area contributed by atoms with E-state index in [0.717, 1.165) is 5.69 Å². The molecular weight excluding hydrogens is 328 g/mol. The molecule has 0 saturated heterocycles. The minimum atomic E-state index is -0.651. The van der Waals surface area contributed by atoms with Crippen LogP contribution in [-0.4, -0.2) is 43.1 Å². The molecule has 1 atom stereocenters. The molecule has 1 aromatic carbocycles. The van der Waals surface area contributed by atoms with E-state index in [2.05, 4.69) is 20.9 Å². The van der Waals surface area contributed by atoms with Crippen molar-refractivity contribution in [3.05, 3.63) is 41.4 Å². The molecular formula is C16H20N4O3S. The van der Waals surface area contributed by atoms with Crippen LogP contribution in [0.4, 0.5) is 10.8 Å². The monoisotopic (exact) mass is 348 g/mol. The van der Waals surface area contributed by atoms with Crippen molar-refractivity contribution in [3.63, 3.8) is 0 Å². The van der Waals surface area contributed by atoms with E-state index in [1.807, 2.05) is 30.3 Å². The van der Waals surface area contributed by atoms with E-state index in [9.17, 15) is 9.59 Å². The molecule has 0 aliphatic heterocycles. The van der Waals surface area contributed by atoms with Gasteiger partial charge in [0.15, 0.2) is 5.13 Å². The zero-order valence-corrected chi connectivity index (χ0v) is 14.4. The van der Waals surface area contributed by atoms with Gasteiger partial charge in [-0.05, 0) is 19.1 Å². The minimum Gasteiger partial charge on any atom is -0.383 e. The Bertz CT molecular complexity index is 675. The molecule has 0 fully saturated rings. The minimum absolute atomic E-state index is 0.265. The average Bonchev–Trinajstić information content (AvgIpc) is 3.04. The van der Waals surface area contributed by atoms with Crippen molar-refractivity contribution in [2.24, 2.45) is 0 Å². The first-order valence-electron chi connectivity index (χ1n) is 7.45. The SMILES string of the molecule is COCCNC(=O)C(C)NC(=O)c1csc(Nc2ccccc2)n1. The maximum atomic E-state index is 12.2. The molecule has 7 nitrogen and oxygen atoms in total. The molecule has 8 heteroatoms. The van der Waals surface area contributed by atoms with E-state index in [1.165, 1.54) is 11.3 Å². The Labute approximate surface area is 144 Å². The summed E-state index contributed by atoms with van der Waals surface area (Å²) in [5.41, 5.74) is 1.17. The second kappa shape index (κ2) is 8.99. The number of benzene rings is 1. The summed E-state index contributed by atoms with van der Waals surface area (Å²) in [5.74, 6) is -0.653. The number of amides is 2. The number of aromatic nitrogens is 1. The van der Waals surface area contributed by atoms with Gasteiger partial charge in [0.25, 0.3) is 5.91 Å². The number of thiazole rings is 1. The van der Waals surface area contributed by atoms with Gasteiger partial charge in [-0.2, -0.15) is 0 Å². The van der Waals surface area contributed by atoms with Crippen LogP contribution in [0.25, 0.3) is 0 Å². The summed E-state index contributed by atoms with van der Waals surface area (Å²) in [6.45, 7) is 2.44. The lowest BCUT2D eigenvalue weighted by atomic mass is 10.3. The van der Waals surface area contributed by atoms with Gasteiger partial charge in [-0.1, -0.05) is 18.2 Å². The van der Waals surface area contributed by atoms with E-state index in [1.54, 1.807) is 19.4 Å². The molecule has 128 valence electrons. The van der Waals surface area contributed by atoms with E-state index in [4.69, 9.17) is 4.74 Å². The zero-order chi connectivity index (χ0) is 17.4. The molecule has 2 amide bonds. The number of nitrogens with zero attached hydrogens (tertiary/aromatic N) is 1. The van der Waals surface area contributed by atoms with E-state index < -0.39 is 6.04 Å². The molecule has 0 bridgehead atoms. The first kappa shape index (κ1) is 17.9. The summed E-state index contributed by atoms with van der Waals surface area (Å²) in [6.07, 6.45) is 0. The van der Waals surface area contributed by atoms with Crippen LogP contribution in [0.15, 0.2) is 35.7 Å². The van der Waals surface area contributed by atoms with Gasteiger partial charge >= 0.3 is 0 Å². The van der Waals surface area contributed by atoms with Crippen LogP contribution in [0.5, 0.6) is 0 Å². The number of nitrogens with one attached hydrogen (secondary N) is 3. The lowest BCUT2D eigenvalue weighted by Crippen LogP contribution is -2.45. The van der Waals surface area contributed by atoms with Crippen molar-refractivity contribution >= 4 is 34.0 Å². The van der Waals surface area contributed by atoms with Gasteiger partial charge in [0, 0.05) is 24.7 Å². The maximum absolute atomic E-state index is 12.2. The molecule has 3 N–H and O–H groups in total. The lowest BCUT2D eigenvalue weighted by Gasteiger charge is -2.13. The third-order valence-corrected chi connectivity index (χ3v) is 3.87. The summed E-state index contributed by atoms with van der Waals surface area (Å²) < 4.78 is 4.86. The lowest BCUT2D eigenvalue weighted by molar-refractivity contribution is -0.122. The second-order valence-electron chi connectivity index (χ2n) is 5.01. The molecule has 1 unspecified atom stereocenters. The summed E-state index contributed by atoms with van der Waals surface area (Å²) >= 11 is 1.32. The molecule has 1 heterocycles. The third kappa shape index (κ3) is 5.32. The fraction of sp³-hybridized carbons (Fsp3) is 0.312. The van der Waals surface area contributed by atoms with Crippen molar-refractivity contribution in [2.75, 3.05) is 25.6 Å². The van der Waals surface area contributed by atoms with Gasteiger partial charge in [0.1, 0.15) is 11.7 Å². The van der Waals surface area contributed by atoms with Crippen LogP contribution in [0, 0.1) is 0 Å². The fourth-order valence-electron chi connectivity index (χ4n) is 1.85. The Hall–Kier alpha value is -2.45. The standard InChI is InChI=1S/C16H20N4O3S/c1-11(14(21)17-8-9-23-2)18-15(22)13-10-24-16(20-13)19-12-6-4-3-5-7-12/h3-7,10-11H,8-9H2,1-2H3,(H,17,21)(H,18,22)(H,19,20). The Morgan fingerprint density at radius 3 is 2.75 bits per heavy atom. The van der Waals surface area contributed by atoms with E-state index in [0.29, 0.717) is 18.3 Å². The van der Waals surface area contributed by atoms with Gasteiger partial charge in [-0.25, -0.2) is 4.98 Å². The Kier molecular flexibility index (Phi) is 6.71. The Morgan fingerprint density at radius 1 is 1.29 bits per heavy atom. The van der Waals surface area contributed by atoms with Crippen LogP contribution < -0.4 is 16.0 Å². The number of para-hydroxylation sites is 1. The van der Waals surface area contributed by atoms with Crippen LogP contribution in [0.2, 0.25) is 0 Å². The van der Waals surface area contributed by atoms with Crippen molar-refractivity contribution in [1.29, 1.82) is 0 Å². The highest BCUT2D eigenvalue weighted by molar-refractivity contribution is 7.14. The van der Waals surface area contributed by atoms with Crippen molar-refractivity contribution < 1.29 is 14.3 Å². The Balaban J connectivity index is 1.87. The molecule has 0 aliphatic carbocycles. The predicted octanol–water partition coefficient (Wildman–Crippen LogP) is 1.77. The van der Waals surface area contributed by atoms with Crippen LogP contribution in [0.1, 0.15) is 17.4 Å². The van der Waals surface area contributed by atoms with Crippen LogP contribution in [0.3, 0.4) is 0 Å². The van der Waals surface area contributed by atoms with Gasteiger partial charge < -0.3 is 20.7 Å². The maximum Gasteiger partial charge on any atom is 0.271 e. The Morgan fingerprint density at radius 2 is 2.04 bits per heavy atom. The van der Waals surface area contributed by atoms with Gasteiger partial charge in [0.2, 0.25) is 5.91 Å². The number of anilines is 2. The summed E-state index contributed by atoms with van der Waals surface area (Å²) in [5, 5.41) is 10.7. The number of rotatable bonds is 8. The number of ether oxygens (including phenoxy) is 1. The van der Waals surface area contributed by atoms with Crippen molar-refractivity contribution in [3.8, 4) is 0 Å². The largest absolute Gasteiger partial charge is 0.383 e. The summed E-state index contributed by atoms with van der Waals surface area (Å²) in [6, 6.07) is 8.91. The third-order valence-electron chi connectivity index (χ3n) is 3.11. The average molecular weight is 348 g/mol. The highest BCUT2D eigenvalue weighted by Gasteiger charge is 2.18. The number of carbonyl (C=O) groups excluding carboxylic acids is 2. The summed E-state index contributed by atoms with van der Waals surface area (Å²) in [7, 11) is 1.56. The zero-order valence-electron chi connectivity index (χ0n) is 13.5. The highest BCUT2D eigenvalue weighted by atomic mass is 32.1. The quantitative estimate of drug-likeness (QED) is 0.632. The van der Waals surface area contributed by atoms with Gasteiger partial charge in [0.05, 0.1) is 6.61 Å². The molecule has 0 aliphatic rings. The number of carbonyl (C=O) groups is 2. The van der Waals surface area contributed by atoms with E-state index >= 15 is 0 Å². The second-order valence-corrected chi connectivity index (χ2v) is 5.87. The van der Waals surface area contributed by atoms with Crippen LogP contribution in [-0.2, 0) is 9.53 Å². The number of hydrogen-bond donors (Lipinski definition) is 3. The van der Waals surface area contributed by atoms with Gasteiger partial charge in [-0.3, -0.25) is 9.59 Å². The van der Waals surface area contributed by atoms with Crippen molar-refractivity contribution in [2.45, 2.75) is 13.0 Å². The molecule has 2 aromatic rings. The molecule has 0 saturated carbocycles. The molecule has 24 heavy (non-hydrogen) atoms. The highest BCUT2D eigenvalue weighted by Crippen LogP contribution is 2.20. The number of methoxy groups -OCH3 is 1. The molecule has 0 spiro atoms. The van der Waals surface area contributed by atoms with Crippen LogP contribution >= 0.6 is 11.3 Å². The van der Waals surface area contributed by atoms with E-state index in [-0.39, 0.29) is 17.5 Å². The molecule has 2 rings (SSSR count). The fourth-order valence-corrected chi connectivity index (χ4v) is 2.56. The normalized spacial score (nSPS) is 11.6. The van der Waals surface area contributed by atoms with Crippen molar-refractivity contribution in [1.82, 2.24) is 15.6 Å². The van der Waals surface area contributed by atoms with Gasteiger partial charge in [-0.15, -0.1) is 11.3 Å². The smallest absolute Gasteiger partial charge is 0.271 e. The number of hydrogen-bond acceptors (Lipinski definition) is 6. The predicted molar refractivity (Wildman–Crippen MR) is 93.7 cm³/mol. The topological polar surface area (TPSA) is 92.4 Å².